The summed E-state index contributed by atoms with van der Waals surface area (Å²) in [6, 6.07) is 43.5. The Morgan fingerprint density at radius 3 is 0.753 bits per heavy atom. The Morgan fingerprint density at radius 1 is 0.329 bits per heavy atom. The number of amides is 6. The summed E-state index contributed by atoms with van der Waals surface area (Å²) < 4.78 is 78.0. The fourth-order valence-corrected chi connectivity index (χ4v) is 25.6. The molecule has 26 nitrogen and oxygen atoms in total. The Balaban J connectivity index is 0.787. The van der Waals surface area contributed by atoms with Gasteiger partial charge in [0, 0.05) is 178 Å². The van der Waals surface area contributed by atoms with Crippen molar-refractivity contribution in [3.8, 4) is 46.0 Å². The molecule has 10 fully saturated rings. The van der Waals surface area contributed by atoms with Crippen LogP contribution in [0.1, 0.15) is 232 Å². The maximum absolute atomic E-state index is 17.6. The van der Waals surface area contributed by atoms with Gasteiger partial charge in [0.2, 0.25) is 0 Å². The van der Waals surface area contributed by atoms with Crippen LogP contribution in [0.25, 0.3) is 43.1 Å². The molecule has 10 unspecified atom stereocenters. The molecule has 6 amide bonds. The standard InChI is InChI=1S/C118H136N8O18S2/c1-11-43-123(75-21-15-13-16-22-75)113(131)107(97-25-19-45-145-97)125-109(127)89-47-93(141-77-35-27-71(28-36-77)115(3,4)67-119(51-81-59-133-81)52-82-60-134-82)101-103-95(143-79-39-31-73(32-40-79)117(7,8)69-121(55-85-63-137-85)56-86-64-138-86)49-91-100-92(112(130)126(111(91)129)108(98-26-20-46-146-98)114(132)124(44-12-2)76-23-17-14-18-24-76)50-96(144-80-41-33-74(34-42-80)118(9,10)70-122(57-87-65-139-87)58-88-66-140-88)104(106(100)103)102-94(48-90(110(125)128)99(89)105(101)102)142-78-37-29-72(30-38-78)116(5,6)68-120(53-83-61-135-83)54-84-62-136-84/h19-20,25-42,45-50,75-76,81-88,107-108H,11-18,21-24,43-44,51-70H2,1-10H3. The average molecular weight is 2020 g/mol. The molecule has 12 heterocycles. The molecule has 9 aromatic carbocycles. The lowest BCUT2D eigenvalue weighted by Gasteiger charge is -2.40. The van der Waals surface area contributed by atoms with E-state index in [0.29, 0.717) is 170 Å². The van der Waals surface area contributed by atoms with Crippen LogP contribution in [0, 0.1) is 0 Å². The van der Waals surface area contributed by atoms with Gasteiger partial charge in [-0.3, -0.25) is 58.2 Å². The summed E-state index contributed by atoms with van der Waals surface area (Å²) in [5.41, 5.74) is 2.68. The van der Waals surface area contributed by atoms with Gasteiger partial charge < -0.3 is 66.6 Å². The fourth-order valence-electron chi connectivity index (χ4n) is 24.0. The highest BCUT2D eigenvalue weighted by atomic mass is 32.1. The van der Waals surface area contributed by atoms with Crippen LogP contribution in [0.5, 0.6) is 46.0 Å². The molecular formula is C118H136N8O18S2. The van der Waals surface area contributed by atoms with Crippen molar-refractivity contribution in [2.24, 2.45) is 0 Å². The van der Waals surface area contributed by atoms with Crippen LogP contribution in [0.15, 0.2) is 156 Å². The van der Waals surface area contributed by atoms with Crippen LogP contribution in [-0.2, 0) is 69.1 Å². The number of benzene rings is 9. The van der Waals surface area contributed by atoms with E-state index in [4.69, 9.17) is 56.8 Å². The minimum absolute atomic E-state index is 0.0567. The van der Waals surface area contributed by atoms with Crippen molar-refractivity contribution in [3.63, 3.8) is 0 Å². The molecule has 12 aliphatic rings. The van der Waals surface area contributed by atoms with Crippen molar-refractivity contribution in [3.05, 3.63) is 211 Å². The molecule has 8 saturated heterocycles. The summed E-state index contributed by atoms with van der Waals surface area (Å²) in [6.07, 6.45) is 11.4. The normalized spacial score (nSPS) is 22.3. The summed E-state index contributed by atoms with van der Waals surface area (Å²) >= 11 is 2.64. The second-order valence-electron chi connectivity index (χ2n) is 45.6. The van der Waals surface area contributed by atoms with Gasteiger partial charge in [0.1, 0.15) is 46.0 Å². The highest BCUT2D eigenvalue weighted by Gasteiger charge is 2.52. The number of hydrogen-bond donors (Lipinski definition) is 0. The molecule has 0 N–H and O–H groups in total. The van der Waals surface area contributed by atoms with E-state index >= 15 is 28.8 Å². The number of fused-ring (bicyclic) bond motifs is 2. The maximum atomic E-state index is 17.6. The topological polar surface area (TPSA) is 266 Å². The van der Waals surface area contributed by atoms with Gasteiger partial charge in [-0.2, -0.15) is 0 Å². The Kier molecular flexibility index (Phi) is 27.4. The lowest BCUT2D eigenvalue weighted by molar-refractivity contribution is -0.139. The van der Waals surface area contributed by atoms with Crippen LogP contribution in [-0.4, -0.2) is 280 Å². The lowest BCUT2D eigenvalue weighted by Crippen LogP contribution is -2.52. The molecule has 11 aromatic rings. The van der Waals surface area contributed by atoms with Crippen LogP contribution < -0.4 is 18.9 Å². The number of nitrogens with zero attached hydrogens (tertiary/aromatic N) is 8. The Bertz CT molecular complexity index is 5910. The first-order chi connectivity index (χ1) is 70.6. The van der Waals surface area contributed by atoms with Crippen molar-refractivity contribution >= 4 is 101 Å². The van der Waals surface area contributed by atoms with Gasteiger partial charge in [0.25, 0.3) is 35.4 Å². The van der Waals surface area contributed by atoms with Crippen molar-refractivity contribution < 1.29 is 85.6 Å². The van der Waals surface area contributed by atoms with Crippen molar-refractivity contribution in [1.29, 1.82) is 0 Å². The first kappa shape index (κ1) is 98.9. The largest absolute Gasteiger partial charge is 0.457 e. The predicted octanol–water partition coefficient (Wildman–Crippen LogP) is 20.4. The highest BCUT2D eigenvalue weighted by Crippen LogP contribution is 2.60. The molecule has 0 bridgehead atoms. The molecule has 2 saturated carbocycles. The van der Waals surface area contributed by atoms with Crippen molar-refractivity contribution in [2.45, 2.75) is 241 Å². The van der Waals surface area contributed by atoms with E-state index in [1.807, 2.05) is 93.4 Å². The third-order valence-electron chi connectivity index (χ3n) is 31.9. The minimum atomic E-state index is -1.42. The molecule has 0 radical (unpaired) electrons. The van der Waals surface area contributed by atoms with Gasteiger partial charge >= 0.3 is 0 Å². The molecule has 2 aromatic heterocycles. The van der Waals surface area contributed by atoms with Gasteiger partial charge in [0.15, 0.2) is 12.1 Å². The lowest BCUT2D eigenvalue weighted by atomic mass is 9.80. The van der Waals surface area contributed by atoms with E-state index < -0.39 is 57.4 Å². The Morgan fingerprint density at radius 2 is 0.555 bits per heavy atom. The highest BCUT2D eigenvalue weighted by molar-refractivity contribution is 7.10. The fraction of sp³-hybridized carbons (Fsp3) is 0.508. The Hall–Kier alpha value is -10.4. The maximum Gasteiger partial charge on any atom is 0.262 e. The van der Waals surface area contributed by atoms with E-state index in [9.17, 15) is 0 Å². The zero-order valence-corrected chi connectivity index (χ0v) is 87.4. The summed E-state index contributed by atoms with van der Waals surface area (Å²) in [6.45, 7) is 37.6. The quantitative estimate of drug-likeness (QED) is 0.0148. The summed E-state index contributed by atoms with van der Waals surface area (Å²) in [5.74, 6) is -1.62. The molecule has 0 spiro atoms. The monoisotopic (exact) mass is 2020 g/mol. The first-order valence-corrected chi connectivity index (χ1v) is 55.1. The van der Waals surface area contributed by atoms with E-state index in [2.05, 4.69) is 137 Å². The average Bonchev–Trinajstić information content (AvgIpc) is 1.51. The molecule has 2 aliphatic carbocycles. The Labute approximate surface area is 862 Å². The number of carbonyl (C=O) groups is 6. The van der Waals surface area contributed by atoms with Gasteiger partial charge in [0.05, 0.1) is 124 Å². The molecule has 146 heavy (non-hydrogen) atoms. The predicted molar refractivity (Wildman–Crippen MR) is 562 cm³/mol. The molecule has 768 valence electrons. The number of imide groups is 2. The van der Waals surface area contributed by atoms with Crippen molar-refractivity contribution in [1.82, 2.24) is 39.2 Å². The summed E-state index contributed by atoms with van der Waals surface area (Å²) in [7, 11) is 0. The van der Waals surface area contributed by atoms with E-state index in [0.717, 1.165) is 139 Å². The third-order valence-corrected chi connectivity index (χ3v) is 33.8. The van der Waals surface area contributed by atoms with Gasteiger partial charge in [-0.25, -0.2) is 0 Å². The smallest absolute Gasteiger partial charge is 0.262 e. The number of hydrogen-bond acceptors (Lipinski definition) is 24. The molecule has 10 atom stereocenters. The molecule has 28 heteroatoms. The van der Waals surface area contributed by atoms with E-state index in [1.54, 1.807) is 24.3 Å². The molecular weight excluding hydrogens is 1880 g/mol. The zero-order valence-electron chi connectivity index (χ0n) is 85.7. The number of thiophene rings is 2. The van der Waals surface area contributed by atoms with Crippen LogP contribution in [0.4, 0.5) is 0 Å². The third kappa shape index (κ3) is 21.1. The van der Waals surface area contributed by atoms with Gasteiger partial charge in [-0.15, -0.1) is 22.7 Å². The van der Waals surface area contributed by atoms with Gasteiger partial charge in [-0.05, 0) is 156 Å². The summed E-state index contributed by atoms with van der Waals surface area (Å²) in [4.78, 5) is 121. The van der Waals surface area contributed by atoms with E-state index in [-0.39, 0.29) is 129 Å². The molecule has 10 aliphatic heterocycles. The SMILES string of the molecule is CCCN(C(=O)C(c1cccs1)N1C(=O)c2cc(Oc3ccc(C(C)(C)CN(CC4CO4)CC4CO4)cc3)c3c4c(Oc5ccc(C(C)(C)CN(CC6CO6)CC6CO6)cc5)cc5c6c(cc(Oc7ccc(C(C)(C)CN(CC8CO8)CC8CO8)cc7)c(c7c(Oc8ccc(C(C)(C)CN(CC9CO9)CC9CO9)cc8)cc(c2c37)C1=O)c64)C(=O)N(C(C(=O)N(CCC)C1CCCCC1)c1cccs1)C5=O)C1CCCCC1. The van der Waals surface area contributed by atoms with Crippen LogP contribution >= 0.6 is 22.7 Å². The zero-order chi connectivity index (χ0) is 100. The second kappa shape index (κ2) is 40.5. The number of ether oxygens (including phenoxy) is 12. The molecule has 23 rings (SSSR count). The van der Waals surface area contributed by atoms with Crippen molar-refractivity contribution in [2.75, 3.05) is 144 Å². The number of carbonyl (C=O) groups excluding carboxylic acids is 6. The first-order valence-electron chi connectivity index (χ1n) is 53.4. The van der Waals surface area contributed by atoms with Gasteiger partial charge in [-0.1, -0.05) is 168 Å². The van der Waals surface area contributed by atoms with E-state index in [1.165, 1.54) is 32.5 Å². The number of rotatable bonds is 48. The summed E-state index contributed by atoms with van der Waals surface area (Å²) in [5, 5.41) is 6.16. The number of epoxide rings is 8. The van der Waals surface area contributed by atoms with Crippen LogP contribution in [0.2, 0.25) is 0 Å². The second-order valence-corrected chi connectivity index (χ2v) is 47.6. The minimum Gasteiger partial charge on any atom is -0.457 e. The van der Waals surface area contributed by atoms with Crippen LogP contribution in [0.3, 0.4) is 0 Å².